The van der Waals surface area contributed by atoms with E-state index in [0.717, 1.165) is 11.1 Å². The van der Waals surface area contributed by atoms with Gasteiger partial charge in [0.25, 0.3) is 0 Å². The highest BCUT2D eigenvalue weighted by molar-refractivity contribution is 5.74. The van der Waals surface area contributed by atoms with Crippen LogP contribution in [-0.4, -0.2) is 12.6 Å². The summed E-state index contributed by atoms with van der Waals surface area (Å²) in [6, 6.07) is 14.9. The zero-order valence-corrected chi connectivity index (χ0v) is 11.1. The van der Waals surface area contributed by atoms with Gasteiger partial charge in [0.2, 0.25) is 0 Å². The Hall–Kier alpha value is -2.29. The summed E-state index contributed by atoms with van der Waals surface area (Å²) in [6.45, 7) is 3.78. The fourth-order valence-electron chi connectivity index (χ4n) is 1.69. The monoisotopic (exact) mass is 256 g/mol. The lowest BCUT2D eigenvalue weighted by atomic mass is 10.2. The summed E-state index contributed by atoms with van der Waals surface area (Å²) in [7, 11) is 0. The number of hydrogen-bond donors (Lipinski definition) is 0. The van der Waals surface area contributed by atoms with Gasteiger partial charge in [0.15, 0.2) is 6.61 Å². The van der Waals surface area contributed by atoms with Crippen molar-refractivity contribution in [2.75, 3.05) is 6.61 Å². The van der Waals surface area contributed by atoms with Gasteiger partial charge in [-0.1, -0.05) is 30.3 Å². The minimum atomic E-state index is -0.408. The summed E-state index contributed by atoms with van der Waals surface area (Å²) in [5, 5.41) is 0. The Balaban J connectivity index is 1.90. The lowest BCUT2D eigenvalue weighted by molar-refractivity contribution is -0.136. The zero-order valence-electron chi connectivity index (χ0n) is 11.1. The Kier molecular flexibility index (Phi) is 4.18. The third-order valence-corrected chi connectivity index (χ3v) is 2.66. The molecule has 0 amide bonds. The van der Waals surface area contributed by atoms with Gasteiger partial charge in [0, 0.05) is 0 Å². The Morgan fingerprint density at radius 1 is 1.05 bits per heavy atom. The molecule has 3 heteroatoms. The van der Waals surface area contributed by atoms with Crippen LogP contribution in [0.15, 0.2) is 48.5 Å². The van der Waals surface area contributed by atoms with E-state index in [1.54, 1.807) is 6.07 Å². The van der Waals surface area contributed by atoms with Crippen molar-refractivity contribution in [3.05, 3.63) is 59.7 Å². The summed E-state index contributed by atoms with van der Waals surface area (Å²) >= 11 is 0. The van der Waals surface area contributed by atoms with Crippen molar-refractivity contribution in [2.45, 2.75) is 13.8 Å². The maximum Gasteiger partial charge on any atom is 0.349 e. The third-order valence-electron chi connectivity index (χ3n) is 2.66. The molecule has 2 aromatic rings. The molecular weight excluding hydrogens is 240 g/mol. The SMILES string of the molecule is Cc1cccc(OC(=O)COc2ccccc2C)c1. The van der Waals surface area contributed by atoms with E-state index in [1.165, 1.54) is 0 Å². The van der Waals surface area contributed by atoms with Crippen LogP contribution in [0.25, 0.3) is 0 Å². The molecule has 2 rings (SSSR count). The Labute approximate surface area is 112 Å². The number of benzene rings is 2. The summed E-state index contributed by atoms with van der Waals surface area (Å²) < 4.78 is 10.6. The summed E-state index contributed by atoms with van der Waals surface area (Å²) in [4.78, 5) is 11.7. The Morgan fingerprint density at radius 3 is 2.58 bits per heavy atom. The molecule has 0 atom stereocenters. The summed E-state index contributed by atoms with van der Waals surface area (Å²) in [6.07, 6.45) is 0. The first-order chi connectivity index (χ1) is 9.15. The minimum Gasteiger partial charge on any atom is -0.482 e. The average Bonchev–Trinajstić information content (AvgIpc) is 2.38. The number of carbonyl (C=O) groups is 1. The zero-order chi connectivity index (χ0) is 13.7. The van der Waals surface area contributed by atoms with Crippen LogP contribution >= 0.6 is 0 Å². The molecule has 0 radical (unpaired) electrons. The van der Waals surface area contributed by atoms with Gasteiger partial charge in [0.1, 0.15) is 11.5 Å². The maximum absolute atomic E-state index is 11.7. The van der Waals surface area contributed by atoms with E-state index in [4.69, 9.17) is 9.47 Å². The molecule has 98 valence electrons. The molecule has 0 fully saturated rings. The first kappa shape index (κ1) is 13.1. The van der Waals surface area contributed by atoms with Crippen LogP contribution in [-0.2, 0) is 4.79 Å². The third kappa shape index (κ3) is 3.85. The van der Waals surface area contributed by atoms with Crippen LogP contribution in [0.2, 0.25) is 0 Å². The van der Waals surface area contributed by atoms with E-state index in [1.807, 2.05) is 56.3 Å². The van der Waals surface area contributed by atoms with Crippen molar-refractivity contribution in [3.8, 4) is 11.5 Å². The Morgan fingerprint density at radius 2 is 1.84 bits per heavy atom. The van der Waals surface area contributed by atoms with Gasteiger partial charge >= 0.3 is 5.97 Å². The smallest absolute Gasteiger partial charge is 0.349 e. The summed E-state index contributed by atoms with van der Waals surface area (Å²) in [5.74, 6) is 0.830. The van der Waals surface area contributed by atoms with Crippen LogP contribution < -0.4 is 9.47 Å². The average molecular weight is 256 g/mol. The molecule has 0 unspecified atom stereocenters. The number of esters is 1. The molecule has 0 saturated carbocycles. The van der Waals surface area contributed by atoms with Crippen molar-refractivity contribution < 1.29 is 14.3 Å². The van der Waals surface area contributed by atoms with Gasteiger partial charge in [-0.2, -0.15) is 0 Å². The van der Waals surface area contributed by atoms with Crippen molar-refractivity contribution in [1.82, 2.24) is 0 Å². The van der Waals surface area contributed by atoms with Gasteiger partial charge in [-0.3, -0.25) is 0 Å². The quantitative estimate of drug-likeness (QED) is 0.622. The number of ether oxygens (including phenoxy) is 2. The van der Waals surface area contributed by atoms with Crippen molar-refractivity contribution >= 4 is 5.97 Å². The lowest BCUT2D eigenvalue weighted by Crippen LogP contribution is -2.18. The lowest BCUT2D eigenvalue weighted by Gasteiger charge is -2.08. The second-order valence-corrected chi connectivity index (χ2v) is 4.34. The Bertz CT molecular complexity index is 576. The van der Waals surface area contributed by atoms with Crippen molar-refractivity contribution in [2.24, 2.45) is 0 Å². The first-order valence-corrected chi connectivity index (χ1v) is 6.11. The standard InChI is InChI=1S/C16H16O3/c1-12-6-5-8-14(10-12)19-16(17)11-18-15-9-4-3-7-13(15)2/h3-10H,11H2,1-2H3. The predicted molar refractivity (Wildman–Crippen MR) is 73.5 cm³/mol. The van der Waals surface area contributed by atoms with Crippen LogP contribution in [0.1, 0.15) is 11.1 Å². The highest BCUT2D eigenvalue weighted by Crippen LogP contribution is 2.16. The molecule has 0 heterocycles. The molecular formula is C16H16O3. The number of hydrogen-bond acceptors (Lipinski definition) is 3. The number of carbonyl (C=O) groups excluding carboxylic acids is 1. The number of aryl methyl sites for hydroxylation is 2. The fourth-order valence-corrected chi connectivity index (χ4v) is 1.69. The van der Waals surface area contributed by atoms with E-state index < -0.39 is 5.97 Å². The molecule has 0 spiro atoms. The molecule has 0 N–H and O–H groups in total. The van der Waals surface area contributed by atoms with E-state index in [0.29, 0.717) is 11.5 Å². The van der Waals surface area contributed by atoms with Gasteiger partial charge in [-0.15, -0.1) is 0 Å². The molecule has 0 bridgehead atoms. The maximum atomic E-state index is 11.7. The predicted octanol–water partition coefficient (Wildman–Crippen LogP) is 3.29. The van der Waals surface area contributed by atoms with Gasteiger partial charge in [-0.05, 0) is 43.2 Å². The highest BCUT2D eigenvalue weighted by Gasteiger charge is 2.07. The minimum absolute atomic E-state index is 0.0984. The first-order valence-electron chi connectivity index (χ1n) is 6.11. The van der Waals surface area contributed by atoms with Crippen LogP contribution in [0.4, 0.5) is 0 Å². The highest BCUT2D eigenvalue weighted by atomic mass is 16.6. The van der Waals surface area contributed by atoms with Crippen molar-refractivity contribution in [3.63, 3.8) is 0 Å². The molecule has 19 heavy (non-hydrogen) atoms. The second-order valence-electron chi connectivity index (χ2n) is 4.34. The van der Waals surface area contributed by atoms with Crippen molar-refractivity contribution in [1.29, 1.82) is 0 Å². The number of para-hydroxylation sites is 1. The van der Waals surface area contributed by atoms with Crippen LogP contribution in [0.5, 0.6) is 11.5 Å². The van der Waals surface area contributed by atoms with E-state index >= 15 is 0 Å². The fraction of sp³-hybridized carbons (Fsp3) is 0.188. The van der Waals surface area contributed by atoms with E-state index in [-0.39, 0.29) is 6.61 Å². The normalized spacial score (nSPS) is 10.0. The molecule has 0 aromatic heterocycles. The van der Waals surface area contributed by atoms with E-state index in [2.05, 4.69) is 0 Å². The molecule has 2 aromatic carbocycles. The molecule has 0 aliphatic rings. The molecule has 0 saturated heterocycles. The van der Waals surface area contributed by atoms with Crippen LogP contribution in [0.3, 0.4) is 0 Å². The van der Waals surface area contributed by atoms with Gasteiger partial charge in [-0.25, -0.2) is 4.79 Å². The molecule has 0 aliphatic heterocycles. The topological polar surface area (TPSA) is 35.5 Å². The van der Waals surface area contributed by atoms with Gasteiger partial charge in [0.05, 0.1) is 0 Å². The van der Waals surface area contributed by atoms with E-state index in [9.17, 15) is 4.79 Å². The van der Waals surface area contributed by atoms with Gasteiger partial charge < -0.3 is 9.47 Å². The second kappa shape index (κ2) is 6.05. The molecule has 0 aliphatic carbocycles. The van der Waals surface area contributed by atoms with Crippen LogP contribution in [0, 0.1) is 13.8 Å². The largest absolute Gasteiger partial charge is 0.482 e. The number of rotatable bonds is 4. The molecule has 3 nitrogen and oxygen atoms in total. The summed E-state index contributed by atoms with van der Waals surface area (Å²) in [5.41, 5.74) is 2.04.